The van der Waals surface area contributed by atoms with Crippen molar-refractivity contribution in [1.82, 2.24) is 30.2 Å². The van der Waals surface area contributed by atoms with Gasteiger partial charge in [-0.1, -0.05) is 0 Å². The number of nitrogens with two attached hydrogens (primary N) is 1. The lowest BCUT2D eigenvalue weighted by Gasteiger charge is -2.19. The standard InChI is InChI=1S/C24H31N7O6/c1-24(2,3)37-23(35)26-8-9-36-14-6-4-13(5-7-14)22(34)30-15-10-16(19(33)18(15)32)31-12-29-17-20(25)27-11-28-21(17)31/h4-7,11-12,15-16,18-19,32-33H,8-10H2,1-3H3,(H,26,35)(H,30,34)(H2,25,27,28)/t15-,16+,18-,19+/m0/s1. The quantitative estimate of drug-likeness (QED) is 0.283. The molecule has 37 heavy (non-hydrogen) atoms. The van der Waals surface area contributed by atoms with Gasteiger partial charge in [0.05, 0.1) is 25.0 Å². The summed E-state index contributed by atoms with van der Waals surface area (Å²) in [5, 5.41) is 26.7. The molecule has 13 nitrogen and oxygen atoms in total. The number of alkyl carbamates (subject to hydrolysis) is 1. The van der Waals surface area contributed by atoms with E-state index >= 15 is 0 Å². The zero-order valence-corrected chi connectivity index (χ0v) is 20.8. The Morgan fingerprint density at radius 3 is 2.57 bits per heavy atom. The maximum absolute atomic E-state index is 12.8. The molecule has 198 valence electrons. The van der Waals surface area contributed by atoms with Gasteiger partial charge in [-0.05, 0) is 51.5 Å². The van der Waals surface area contributed by atoms with E-state index in [2.05, 4.69) is 25.6 Å². The minimum atomic E-state index is -1.19. The summed E-state index contributed by atoms with van der Waals surface area (Å²) in [5.41, 5.74) is 6.46. The van der Waals surface area contributed by atoms with E-state index in [1.807, 2.05) is 0 Å². The second-order valence-corrected chi connectivity index (χ2v) is 9.75. The Bertz CT molecular complexity index is 1260. The number of anilines is 1. The van der Waals surface area contributed by atoms with Crippen LogP contribution in [0.25, 0.3) is 11.2 Å². The smallest absolute Gasteiger partial charge is 0.407 e. The number of amides is 2. The van der Waals surface area contributed by atoms with Crippen LogP contribution in [0.1, 0.15) is 43.6 Å². The van der Waals surface area contributed by atoms with Gasteiger partial charge in [0.1, 0.15) is 42.0 Å². The largest absolute Gasteiger partial charge is 0.492 e. The van der Waals surface area contributed by atoms with Crippen LogP contribution in [0.15, 0.2) is 36.9 Å². The Hall–Kier alpha value is -3.97. The third kappa shape index (κ3) is 6.06. The molecule has 4 atom stereocenters. The molecule has 0 aliphatic heterocycles. The normalized spacial score (nSPS) is 21.5. The monoisotopic (exact) mass is 513 g/mol. The molecular formula is C24H31N7O6. The Morgan fingerprint density at radius 2 is 1.86 bits per heavy atom. The number of rotatable bonds is 7. The number of aromatic nitrogens is 4. The number of carbonyl (C=O) groups is 2. The maximum atomic E-state index is 12.8. The second-order valence-electron chi connectivity index (χ2n) is 9.75. The van der Waals surface area contributed by atoms with Gasteiger partial charge in [0.25, 0.3) is 5.91 Å². The molecule has 13 heteroatoms. The molecular weight excluding hydrogens is 482 g/mol. The first-order valence-electron chi connectivity index (χ1n) is 11.8. The molecule has 0 radical (unpaired) electrons. The van der Waals surface area contributed by atoms with Gasteiger partial charge in [-0.25, -0.2) is 19.7 Å². The molecule has 6 N–H and O–H groups in total. The molecule has 4 rings (SSSR count). The van der Waals surface area contributed by atoms with Gasteiger partial charge >= 0.3 is 6.09 Å². The summed E-state index contributed by atoms with van der Waals surface area (Å²) in [6.45, 7) is 5.81. The van der Waals surface area contributed by atoms with Gasteiger partial charge < -0.3 is 40.6 Å². The number of carbonyl (C=O) groups excluding carboxylic acids is 2. The predicted molar refractivity (Wildman–Crippen MR) is 133 cm³/mol. The number of nitrogens with one attached hydrogen (secondary N) is 2. The Kier molecular flexibility index (Phi) is 7.45. The number of fused-ring (bicyclic) bond motifs is 1. The van der Waals surface area contributed by atoms with Crippen LogP contribution < -0.4 is 21.1 Å². The highest BCUT2D eigenvalue weighted by molar-refractivity contribution is 5.94. The maximum Gasteiger partial charge on any atom is 0.407 e. The zero-order chi connectivity index (χ0) is 26.7. The van der Waals surface area contributed by atoms with Gasteiger partial charge in [-0.15, -0.1) is 0 Å². The third-order valence-corrected chi connectivity index (χ3v) is 5.87. The number of hydrogen-bond donors (Lipinski definition) is 5. The molecule has 1 aromatic carbocycles. The summed E-state index contributed by atoms with van der Waals surface area (Å²) in [6.07, 6.45) is 0.188. The van der Waals surface area contributed by atoms with E-state index in [0.717, 1.165) is 0 Å². The summed E-state index contributed by atoms with van der Waals surface area (Å²) < 4.78 is 12.4. The molecule has 1 fully saturated rings. The second kappa shape index (κ2) is 10.6. The number of nitrogens with zero attached hydrogens (tertiary/aromatic N) is 4. The van der Waals surface area contributed by atoms with Crippen LogP contribution in [0.4, 0.5) is 10.6 Å². The Morgan fingerprint density at radius 1 is 1.14 bits per heavy atom. The van der Waals surface area contributed by atoms with Gasteiger partial charge in [0, 0.05) is 5.56 Å². The van der Waals surface area contributed by atoms with Crippen LogP contribution >= 0.6 is 0 Å². The van der Waals surface area contributed by atoms with Gasteiger partial charge in [0.15, 0.2) is 11.5 Å². The van der Waals surface area contributed by atoms with E-state index in [4.69, 9.17) is 15.2 Å². The van der Waals surface area contributed by atoms with E-state index in [1.165, 1.54) is 12.7 Å². The fourth-order valence-corrected chi connectivity index (χ4v) is 4.13. The van der Waals surface area contributed by atoms with E-state index in [9.17, 15) is 19.8 Å². The lowest BCUT2D eigenvalue weighted by Crippen LogP contribution is -2.43. The average molecular weight is 514 g/mol. The number of imidazole rings is 1. The summed E-state index contributed by atoms with van der Waals surface area (Å²) in [7, 11) is 0. The van der Waals surface area contributed by atoms with Crippen molar-refractivity contribution in [3.63, 3.8) is 0 Å². The minimum absolute atomic E-state index is 0.216. The SMILES string of the molecule is CC(C)(C)OC(=O)NCCOc1ccc(C(=O)N[C@H]2C[C@@H](n3cnc4c(N)ncnc43)[C@@H](O)[C@H]2O)cc1. The van der Waals surface area contributed by atoms with Crippen LogP contribution in [-0.4, -0.2) is 78.7 Å². The highest BCUT2D eigenvalue weighted by Gasteiger charge is 2.43. The highest BCUT2D eigenvalue weighted by atomic mass is 16.6. The molecule has 0 unspecified atom stereocenters. The molecule has 0 saturated heterocycles. The van der Waals surface area contributed by atoms with Crippen LogP contribution in [0.3, 0.4) is 0 Å². The van der Waals surface area contributed by atoms with Crippen molar-refractivity contribution in [2.45, 2.75) is 57.1 Å². The predicted octanol–water partition coefficient (Wildman–Crippen LogP) is 0.777. The summed E-state index contributed by atoms with van der Waals surface area (Å²) >= 11 is 0. The molecule has 2 heterocycles. The van der Waals surface area contributed by atoms with Crippen LogP contribution in [0.5, 0.6) is 5.75 Å². The van der Waals surface area contributed by atoms with E-state index in [-0.39, 0.29) is 25.4 Å². The fraction of sp³-hybridized carbons (Fsp3) is 0.458. The molecule has 0 bridgehead atoms. The van der Waals surface area contributed by atoms with Crippen molar-refractivity contribution in [1.29, 1.82) is 0 Å². The van der Waals surface area contributed by atoms with Crippen molar-refractivity contribution in [3.8, 4) is 5.75 Å². The first-order chi connectivity index (χ1) is 17.5. The van der Waals surface area contributed by atoms with E-state index in [1.54, 1.807) is 49.6 Å². The Balaban J connectivity index is 1.30. The van der Waals surface area contributed by atoms with E-state index in [0.29, 0.717) is 22.5 Å². The Labute approximate surface area is 213 Å². The fourth-order valence-electron chi connectivity index (χ4n) is 4.13. The molecule has 1 aliphatic rings. The van der Waals surface area contributed by atoms with Crippen molar-refractivity contribution < 1.29 is 29.3 Å². The summed E-state index contributed by atoms with van der Waals surface area (Å²) in [5.74, 6) is 0.331. The van der Waals surface area contributed by atoms with Crippen molar-refractivity contribution in [2.24, 2.45) is 0 Å². The molecule has 1 aliphatic carbocycles. The van der Waals surface area contributed by atoms with Crippen molar-refractivity contribution >= 4 is 29.0 Å². The summed E-state index contributed by atoms with van der Waals surface area (Å²) in [6, 6.07) is 5.18. The molecule has 2 aromatic heterocycles. The summed E-state index contributed by atoms with van der Waals surface area (Å²) in [4.78, 5) is 36.8. The third-order valence-electron chi connectivity index (χ3n) is 5.87. The number of nitrogen functional groups attached to an aromatic ring is 1. The van der Waals surface area contributed by atoms with Crippen molar-refractivity contribution in [2.75, 3.05) is 18.9 Å². The highest BCUT2D eigenvalue weighted by Crippen LogP contribution is 2.33. The van der Waals surface area contributed by atoms with Crippen molar-refractivity contribution in [3.05, 3.63) is 42.5 Å². The molecule has 3 aromatic rings. The first-order valence-corrected chi connectivity index (χ1v) is 11.8. The first kappa shape index (κ1) is 26.1. The van der Waals surface area contributed by atoms with E-state index < -0.39 is 41.9 Å². The number of ether oxygens (including phenoxy) is 2. The number of hydrogen-bond acceptors (Lipinski definition) is 10. The molecule has 1 saturated carbocycles. The van der Waals surface area contributed by atoms with Gasteiger partial charge in [-0.2, -0.15) is 0 Å². The lowest BCUT2D eigenvalue weighted by atomic mass is 10.1. The van der Waals surface area contributed by atoms with Crippen LogP contribution in [0.2, 0.25) is 0 Å². The van der Waals surface area contributed by atoms with Gasteiger partial charge in [-0.3, -0.25) is 4.79 Å². The lowest BCUT2D eigenvalue weighted by molar-refractivity contribution is 0.0143. The van der Waals surface area contributed by atoms with Crippen LogP contribution in [-0.2, 0) is 4.74 Å². The minimum Gasteiger partial charge on any atom is -0.492 e. The zero-order valence-electron chi connectivity index (χ0n) is 20.8. The average Bonchev–Trinajstić information content (AvgIpc) is 3.38. The number of aliphatic hydroxyl groups is 2. The molecule has 0 spiro atoms. The molecule has 2 amide bonds. The number of benzene rings is 1. The van der Waals surface area contributed by atoms with Crippen LogP contribution in [0, 0.1) is 0 Å². The van der Waals surface area contributed by atoms with Gasteiger partial charge in [0.2, 0.25) is 0 Å². The number of aliphatic hydroxyl groups excluding tert-OH is 2. The topological polar surface area (TPSA) is 187 Å².